The molecule has 3 heteroatoms. The summed E-state index contributed by atoms with van der Waals surface area (Å²) in [4.78, 5) is 2.20. The zero-order valence-electron chi connectivity index (χ0n) is 12.3. The fraction of sp³-hybridized carbons (Fsp3) is 0.412. The van der Waals surface area contributed by atoms with Crippen molar-refractivity contribution in [1.82, 2.24) is 10.2 Å². The van der Waals surface area contributed by atoms with Gasteiger partial charge in [-0.25, -0.2) is 0 Å². The van der Waals surface area contributed by atoms with Crippen LogP contribution in [0.4, 0.5) is 0 Å². The highest BCUT2D eigenvalue weighted by molar-refractivity contribution is 5.82. The van der Waals surface area contributed by atoms with Crippen molar-refractivity contribution in [1.29, 1.82) is 0 Å². The molecule has 0 aliphatic heterocycles. The highest BCUT2D eigenvalue weighted by atomic mass is 16.3. The molecule has 1 heterocycles. The lowest BCUT2D eigenvalue weighted by Gasteiger charge is -2.16. The molecule has 0 aliphatic rings. The Labute approximate surface area is 121 Å². The number of hydrogen-bond donors (Lipinski definition) is 1. The SMILES string of the molecule is C#CCN(CC)Cc1oc2ccccc2c1CNCC. The summed E-state index contributed by atoms with van der Waals surface area (Å²) in [7, 11) is 0. The molecule has 1 aromatic carbocycles. The quantitative estimate of drug-likeness (QED) is 0.784. The Balaban J connectivity index is 2.32. The van der Waals surface area contributed by atoms with Gasteiger partial charge in [0, 0.05) is 17.5 Å². The smallest absolute Gasteiger partial charge is 0.134 e. The van der Waals surface area contributed by atoms with E-state index >= 15 is 0 Å². The second kappa shape index (κ2) is 7.14. The molecule has 0 aliphatic carbocycles. The molecule has 0 atom stereocenters. The van der Waals surface area contributed by atoms with E-state index in [9.17, 15) is 0 Å². The van der Waals surface area contributed by atoms with Crippen molar-refractivity contribution >= 4 is 11.0 Å². The van der Waals surface area contributed by atoms with Crippen molar-refractivity contribution in [3.8, 4) is 12.3 Å². The Kier molecular flexibility index (Phi) is 5.23. The van der Waals surface area contributed by atoms with Crippen LogP contribution in [0.25, 0.3) is 11.0 Å². The largest absolute Gasteiger partial charge is 0.459 e. The van der Waals surface area contributed by atoms with Gasteiger partial charge in [0.15, 0.2) is 0 Å². The molecule has 20 heavy (non-hydrogen) atoms. The zero-order valence-corrected chi connectivity index (χ0v) is 12.3. The van der Waals surface area contributed by atoms with E-state index < -0.39 is 0 Å². The molecule has 1 aromatic heterocycles. The normalized spacial score (nSPS) is 11.1. The molecule has 0 unspecified atom stereocenters. The summed E-state index contributed by atoms with van der Waals surface area (Å²) in [5, 5.41) is 4.58. The summed E-state index contributed by atoms with van der Waals surface area (Å²) in [5.41, 5.74) is 2.20. The van der Waals surface area contributed by atoms with Crippen LogP contribution in [-0.4, -0.2) is 24.5 Å². The van der Waals surface area contributed by atoms with Crippen LogP contribution < -0.4 is 5.32 Å². The van der Waals surface area contributed by atoms with Gasteiger partial charge < -0.3 is 9.73 Å². The number of furan rings is 1. The monoisotopic (exact) mass is 270 g/mol. The van der Waals surface area contributed by atoms with E-state index in [1.807, 2.05) is 12.1 Å². The third-order valence-corrected chi connectivity index (χ3v) is 3.46. The van der Waals surface area contributed by atoms with Gasteiger partial charge in [-0.05, 0) is 19.2 Å². The summed E-state index contributed by atoms with van der Waals surface area (Å²) in [6.07, 6.45) is 5.42. The summed E-state index contributed by atoms with van der Waals surface area (Å²) in [6.45, 7) is 8.33. The maximum Gasteiger partial charge on any atom is 0.134 e. The van der Waals surface area contributed by atoms with Crippen LogP contribution >= 0.6 is 0 Å². The van der Waals surface area contributed by atoms with Gasteiger partial charge in [-0.1, -0.05) is 38.0 Å². The van der Waals surface area contributed by atoms with E-state index in [0.717, 1.165) is 37.5 Å². The molecule has 2 aromatic rings. The van der Waals surface area contributed by atoms with Gasteiger partial charge in [0.1, 0.15) is 11.3 Å². The van der Waals surface area contributed by atoms with Gasteiger partial charge in [0.25, 0.3) is 0 Å². The Hall–Kier alpha value is -1.76. The third-order valence-electron chi connectivity index (χ3n) is 3.46. The van der Waals surface area contributed by atoms with Crippen LogP contribution in [0.2, 0.25) is 0 Å². The molecule has 0 saturated carbocycles. The molecule has 1 N–H and O–H groups in total. The molecule has 106 valence electrons. The summed E-state index contributed by atoms with van der Waals surface area (Å²) < 4.78 is 6.02. The van der Waals surface area contributed by atoms with E-state index in [0.29, 0.717) is 6.54 Å². The fourth-order valence-corrected chi connectivity index (χ4v) is 2.33. The Bertz CT molecular complexity index is 595. The first-order chi connectivity index (χ1) is 9.80. The van der Waals surface area contributed by atoms with E-state index in [1.165, 1.54) is 10.9 Å². The van der Waals surface area contributed by atoms with Crippen molar-refractivity contribution in [3.63, 3.8) is 0 Å². The van der Waals surface area contributed by atoms with E-state index in [4.69, 9.17) is 10.8 Å². The van der Waals surface area contributed by atoms with E-state index in [-0.39, 0.29) is 0 Å². The van der Waals surface area contributed by atoms with E-state index in [1.54, 1.807) is 0 Å². The summed E-state index contributed by atoms with van der Waals surface area (Å²) in [5.74, 6) is 3.72. The van der Waals surface area contributed by atoms with Gasteiger partial charge in [0.05, 0.1) is 13.1 Å². The minimum absolute atomic E-state index is 0.647. The van der Waals surface area contributed by atoms with Crippen LogP contribution in [0.3, 0.4) is 0 Å². The number of nitrogens with zero attached hydrogens (tertiary/aromatic N) is 1. The van der Waals surface area contributed by atoms with Gasteiger partial charge >= 0.3 is 0 Å². The fourth-order valence-electron chi connectivity index (χ4n) is 2.33. The summed E-state index contributed by atoms with van der Waals surface area (Å²) in [6, 6.07) is 8.19. The maximum absolute atomic E-state index is 6.02. The van der Waals surface area contributed by atoms with Gasteiger partial charge in [-0.15, -0.1) is 6.42 Å². The number of nitrogens with one attached hydrogen (secondary N) is 1. The number of rotatable bonds is 7. The Morgan fingerprint density at radius 1 is 1.30 bits per heavy atom. The van der Waals surface area contributed by atoms with Crippen LogP contribution in [0, 0.1) is 12.3 Å². The predicted molar refractivity (Wildman–Crippen MR) is 83.4 cm³/mol. The lowest BCUT2D eigenvalue weighted by Crippen LogP contribution is -2.24. The van der Waals surface area contributed by atoms with Crippen LogP contribution in [-0.2, 0) is 13.1 Å². The number of benzene rings is 1. The highest BCUT2D eigenvalue weighted by Gasteiger charge is 2.15. The second-order valence-corrected chi connectivity index (χ2v) is 4.79. The third kappa shape index (κ3) is 3.22. The molecule has 0 amide bonds. The average molecular weight is 270 g/mol. The first-order valence-corrected chi connectivity index (χ1v) is 7.15. The minimum Gasteiger partial charge on any atom is -0.459 e. The number of fused-ring (bicyclic) bond motifs is 1. The molecule has 0 spiro atoms. The van der Waals surface area contributed by atoms with Gasteiger partial charge in [-0.3, -0.25) is 4.90 Å². The first kappa shape index (κ1) is 14.6. The molecule has 0 fully saturated rings. The lowest BCUT2D eigenvalue weighted by molar-refractivity contribution is 0.287. The Morgan fingerprint density at radius 2 is 2.10 bits per heavy atom. The van der Waals surface area contributed by atoms with E-state index in [2.05, 4.69) is 42.1 Å². The molecule has 0 saturated heterocycles. The number of hydrogen-bond acceptors (Lipinski definition) is 3. The molecule has 0 bridgehead atoms. The van der Waals surface area contributed by atoms with Gasteiger partial charge in [-0.2, -0.15) is 0 Å². The highest BCUT2D eigenvalue weighted by Crippen LogP contribution is 2.26. The Morgan fingerprint density at radius 3 is 2.80 bits per heavy atom. The molecule has 0 radical (unpaired) electrons. The molecule has 3 nitrogen and oxygen atoms in total. The van der Waals surface area contributed by atoms with Crippen molar-refractivity contribution in [3.05, 3.63) is 35.6 Å². The van der Waals surface area contributed by atoms with Crippen LogP contribution in [0.15, 0.2) is 28.7 Å². The van der Waals surface area contributed by atoms with Crippen molar-refractivity contribution in [2.75, 3.05) is 19.6 Å². The first-order valence-electron chi connectivity index (χ1n) is 7.15. The van der Waals surface area contributed by atoms with Crippen LogP contribution in [0.5, 0.6) is 0 Å². The standard InChI is InChI=1S/C17H22N2O/c1-4-11-19(6-3)13-17-15(12-18-5-2)14-9-7-8-10-16(14)20-17/h1,7-10,18H,5-6,11-13H2,2-3H3. The lowest BCUT2D eigenvalue weighted by atomic mass is 10.1. The number of para-hydroxylation sites is 1. The second-order valence-electron chi connectivity index (χ2n) is 4.79. The summed E-state index contributed by atoms with van der Waals surface area (Å²) >= 11 is 0. The maximum atomic E-state index is 6.02. The van der Waals surface area contributed by atoms with Gasteiger partial charge in [0.2, 0.25) is 0 Å². The minimum atomic E-state index is 0.647. The topological polar surface area (TPSA) is 28.4 Å². The average Bonchev–Trinajstić information content (AvgIpc) is 2.82. The van der Waals surface area contributed by atoms with Crippen molar-refractivity contribution in [2.24, 2.45) is 0 Å². The predicted octanol–water partition coefficient (Wildman–Crippen LogP) is 3.00. The van der Waals surface area contributed by atoms with Crippen molar-refractivity contribution in [2.45, 2.75) is 26.9 Å². The van der Waals surface area contributed by atoms with Crippen molar-refractivity contribution < 1.29 is 4.42 Å². The zero-order chi connectivity index (χ0) is 14.4. The number of terminal acetylenes is 1. The molecular weight excluding hydrogens is 248 g/mol. The van der Waals surface area contributed by atoms with Crippen LogP contribution in [0.1, 0.15) is 25.2 Å². The molecular formula is C17H22N2O. The molecule has 2 rings (SSSR count).